The van der Waals surface area contributed by atoms with Crippen molar-refractivity contribution in [1.82, 2.24) is 24.7 Å². The average molecular weight is 400 g/mol. The molecule has 2 aromatic rings. The fraction of sp³-hybridized carbons (Fsp3) is 0.647. The monoisotopic (exact) mass is 400 g/mol. The third-order valence-electron chi connectivity index (χ3n) is 4.41. The van der Waals surface area contributed by atoms with Gasteiger partial charge in [-0.05, 0) is 46.8 Å². The number of anilines is 1. The van der Waals surface area contributed by atoms with Crippen molar-refractivity contribution in [2.45, 2.75) is 58.5 Å². The molecule has 3 rings (SSSR count). The van der Waals surface area contributed by atoms with Crippen LogP contribution in [0.3, 0.4) is 0 Å². The fourth-order valence-corrected chi connectivity index (χ4v) is 3.13. The Bertz CT molecular complexity index is 876. The van der Waals surface area contributed by atoms with E-state index in [4.69, 9.17) is 4.74 Å². The van der Waals surface area contributed by atoms with Crippen LogP contribution in [0.15, 0.2) is 12.1 Å². The van der Waals surface area contributed by atoms with E-state index >= 15 is 0 Å². The molecule has 1 fully saturated rings. The maximum atomic E-state index is 13.1. The Morgan fingerprint density at radius 1 is 1.11 bits per heavy atom. The third-order valence-corrected chi connectivity index (χ3v) is 4.41. The quantitative estimate of drug-likeness (QED) is 0.733. The molecule has 0 N–H and O–H groups in total. The lowest BCUT2D eigenvalue weighted by atomic mass is 10.1. The molecule has 154 valence electrons. The normalized spacial score (nSPS) is 21.3. The largest absolute Gasteiger partial charge is 0.453 e. The Morgan fingerprint density at radius 3 is 2.39 bits per heavy atom. The highest BCUT2D eigenvalue weighted by Gasteiger charge is 2.39. The molecule has 0 unspecified atom stereocenters. The van der Waals surface area contributed by atoms with Gasteiger partial charge in [-0.1, -0.05) is 0 Å². The van der Waals surface area contributed by atoms with E-state index in [9.17, 15) is 18.0 Å². The van der Waals surface area contributed by atoms with Gasteiger partial charge >= 0.3 is 12.3 Å². The topological polar surface area (TPSA) is 75.9 Å². The number of rotatable bonds is 1. The highest BCUT2D eigenvalue weighted by atomic mass is 19.4. The van der Waals surface area contributed by atoms with Crippen molar-refractivity contribution in [3.63, 3.8) is 0 Å². The van der Waals surface area contributed by atoms with Crippen molar-refractivity contribution in [1.29, 1.82) is 0 Å². The van der Waals surface area contributed by atoms with Gasteiger partial charge in [0.1, 0.15) is 11.4 Å². The first-order chi connectivity index (χ1) is 12.9. The summed E-state index contributed by atoms with van der Waals surface area (Å²) in [4.78, 5) is 15.9. The van der Waals surface area contributed by atoms with Crippen LogP contribution in [0.25, 0.3) is 5.65 Å². The van der Waals surface area contributed by atoms with Crippen LogP contribution >= 0.6 is 0 Å². The standard InChI is InChI=1S/C17H23F3N6O2/c1-10-9-25(15(27)28-16(3,4)5)11(2)8-24(10)13-7-6-12-21-22-14(17(18,19)20)26(12)23-13/h6-7,10-11H,8-9H2,1-5H3/t10-,11+/m0/s1. The highest BCUT2D eigenvalue weighted by Crippen LogP contribution is 2.29. The molecule has 0 aliphatic carbocycles. The van der Waals surface area contributed by atoms with E-state index in [1.165, 1.54) is 6.07 Å². The number of hydrogen-bond donors (Lipinski definition) is 0. The number of ether oxygens (including phenoxy) is 1. The molecule has 1 aliphatic rings. The molecule has 0 aromatic carbocycles. The first-order valence-electron chi connectivity index (χ1n) is 8.93. The Kier molecular flexibility index (Phi) is 4.88. The summed E-state index contributed by atoms with van der Waals surface area (Å²) in [6.45, 7) is 9.91. The molecule has 11 heteroatoms. The van der Waals surface area contributed by atoms with E-state index in [1.807, 2.05) is 18.7 Å². The summed E-state index contributed by atoms with van der Waals surface area (Å²) >= 11 is 0. The zero-order chi connectivity index (χ0) is 20.9. The van der Waals surface area contributed by atoms with Crippen LogP contribution in [-0.4, -0.2) is 61.6 Å². The van der Waals surface area contributed by atoms with E-state index < -0.39 is 23.7 Å². The van der Waals surface area contributed by atoms with Crippen LogP contribution in [-0.2, 0) is 10.9 Å². The number of halogens is 3. The lowest BCUT2D eigenvalue weighted by molar-refractivity contribution is -0.146. The Balaban J connectivity index is 1.84. The SMILES string of the molecule is C[C@@H]1CN(c2ccc3nnc(C(F)(F)F)n3n2)[C@@H](C)CN1C(=O)OC(C)(C)C. The van der Waals surface area contributed by atoms with E-state index in [1.54, 1.807) is 31.7 Å². The Morgan fingerprint density at radius 2 is 1.79 bits per heavy atom. The first-order valence-corrected chi connectivity index (χ1v) is 8.93. The summed E-state index contributed by atoms with van der Waals surface area (Å²) < 4.78 is 45.5. The molecule has 2 aromatic heterocycles. The van der Waals surface area contributed by atoms with Gasteiger partial charge in [-0.25, -0.2) is 4.79 Å². The maximum absolute atomic E-state index is 13.1. The van der Waals surface area contributed by atoms with Crippen molar-refractivity contribution >= 4 is 17.6 Å². The second kappa shape index (κ2) is 6.78. The number of amides is 1. The number of carbonyl (C=O) groups is 1. The van der Waals surface area contributed by atoms with Crippen molar-refractivity contribution in [2.24, 2.45) is 0 Å². The Labute approximate surface area is 160 Å². The number of hydrogen-bond acceptors (Lipinski definition) is 6. The molecule has 0 bridgehead atoms. The van der Waals surface area contributed by atoms with Crippen LogP contribution in [0.5, 0.6) is 0 Å². The average Bonchev–Trinajstić information content (AvgIpc) is 2.98. The van der Waals surface area contributed by atoms with E-state index in [0.29, 0.717) is 23.4 Å². The molecule has 28 heavy (non-hydrogen) atoms. The number of aromatic nitrogens is 4. The number of carbonyl (C=O) groups excluding carboxylic acids is 1. The second-order valence-corrected chi connectivity index (χ2v) is 7.97. The van der Waals surface area contributed by atoms with E-state index in [2.05, 4.69) is 15.3 Å². The van der Waals surface area contributed by atoms with Gasteiger partial charge in [-0.3, -0.25) is 0 Å². The lowest BCUT2D eigenvalue weighted by Crippen LogP contribution is -2.59. The van der Waals surface area contributed by atoms with E-state index in [-0.39, 0.29) is 17.7 Å². The predicted molar refractivity (Wildman–Crippen MR) is 95.0 cm³/mol. The smallest absolute Gasteiger partial charge is 0.444 e. The maximum Gasteiger partial charge on any atom is 0.453 e. The number of fused-ring (bicyclic) bond motifs is 1. The van der Waals surface area contributed by atoms with Gasteiger partial charge in [-0.15, -0.1) is 15.3 Å². The van der Waals surface area contributed by atoms with Gasteiger partial charge in [0, 0.05) is 25.2 Å². The summed E-state index contributed by atoms with van der Waals surface area (Å²) in [5.41, 5.74) is -0.587. The molecule has 0 saturated carbocycles. The second-order valence-electron chi connectivity index (χ2n) is 7.97. The zero-order valence-corrected chi connectivity index (χ0v) is 16.4. The van der Waals surface area contributed by atoms with Gasteiger partial charge in [0.05, 0.1) is 0 Å². The lowest BCUT2D eigenvalue weighted by Gasteiger charge is -2.44. The van der Waals surface area contributed by atoms with Crippen molar-refractivity contribution < 1.29 is 22.7 Å². The molecule has 1 saturated heterocycles. The van der Waals surface area contributed by atoms with Crippen LogP contribution in [0.2, 0.25) is 0 Å². The summed E-state index contributed by atoms with van der Waals surface area (Å²) in [5.74, 6) is -0.807. The van der Waals surface area contributed by atoms with Crippen molar-refractivity contribution in [3.05, 3.63) is 18.0 Å². The van der Waals surface area contributed by atoms with Gasteiger partial charge in [0.2, 0.25) is 0 Å². The van der Waals surface area contributed by atoms with Gasteiger partial charge in [-0.2, -0.15) is 17.7 Å². The Hall–Kier alpha value is -2.59. The van der Waals surface area contributed by atoms with Crippen molar-refractivity contribution in [3.8, 4) is 0 Å². The highest BCUT2D eigenvalue weighted by molar-refractivity contribution is 5.69. The minimum atomic E-state index is -4.65. The molecule has 2 atom stereocenters. The molecule has 1 aliphatic heterocycles. The van der Waals surface area contributed by atoms with Gasteiger partial charge < -0.3 is 14.5 Å². The minimum Gasteiger partial charge on any atom is -0.444 e. The molecular formula is C17H23F3N6O2. The molecule has 8 nitrogen and oxygen atoms in total. The number of alkyl halides is 3. The summed E-state index contributed by atoms with van der Waals surface area (Å²) in [6, 6.07) is 2.68. The minimum absolute atomic E-state index is 0.0177. The van der Waals surface area contributed by atoms with Crippen molar-refractivity contribution in [2.75, 3.05) is 18.0 Å². The summed E-state index contributed by atoms with van der Waals surface area (Å²) in [7, 11) is 0. The third kappa shape index (κ3) is 3.97. The number of piperazine rings is 1. The number of nitrogens with zero attached hydrogens (tertiary/aromatic N) is 6. The van der Waals surface area contributed by atoms with Crippen LogP contribution in [0.4, 0.5) is 23.8 Å². The summed E-state index contributed by atoms with van der Waals surface area (Å²) in [5, 5.41) is 10.8. The molecule has 0 radical (unpaired) electrons. The summed E-state index contributed by atoms with van der Waals surface area (Å²) in [6.07, 6.45) is -5.06. The molecule has 3 heterocycles. The zero-order valence-electron chi connectivity index (χ0n) is 16.4. The van der Waals surface area contributed by atoms with Crippen LogP contribution < -0.4 is 4.90 Å². The molecular weight excluding hydrogens is 377 g/mol. The fourth-order valence-electron chi connectivity index (χ4n) is 3.13. The van der Waals surface area contributed by atoms with Gasteiger partial charge in [0.15, 0.2) is 5.65 Å². The van der Waals surface area contributed by atoms with Crippen LogP contribution in [0.1, 0.15) is 40.4 Å². The van der Waals surface area contributed by atoms with Crippen LogP contribution in [0, 0.1) is 0 Å². The first kappa shape index (κ1) is 20.2. The molecule has 0 spiro atoms. The molecule has 1 amide bonds. The van der Waals surface area contributed by atoms with Gasteiger partial charge in [0.25, 0.3) is 5.82 Å². The van der Waals surface area contributed by atoms with E-state index in [0.717, 1.165) is 0 Å². The predicted octanol–water partition coefficient (Wildman–Crippen LogP) is 2.98.